The van der Waals surface area contributed by atoms with E-state index >= 15 is 0 Å². The monoisotopic (exact) mass is 289 g/mol. The Labute approximate surface area is 119 Å². The summed E-state index contributed by atoms with van der Waals surface area (Å²) < 4.78 is 3.24. The summed E-state index contributed by atoms with van der Waals surface area (Å²) in [6.07, 6.45) is 4.62. The summed E-state index contributed by atoms with van der Waals surface area (Å²) in [5, 5.41) is 4.90. The fourth-order valence-electron chi connectivity index (χ4n) is 2.14. The maximum Gasteiger partial charge on any atom is 0.263 e. The van der Waals surface area contributed by atoms with Gasteiger partial charge in [0.15, 0.2) is 0 Å². The molecule has 7 heteroatoms. The van der Waals surface area contributed by atoms with E-state index in [2.05, 4.69) is 15.1 Å². The molecule has 0 saturated heterocycles. The van der Waals surface area contributed by atoms with Gasteiger partial charge in [0.2, 0.25) is 0 Å². The first-order valence-electron chi connectivity index (χ1n) is 6.14. The lowest BCUT2D eigenvalue weighted by atomic mass is 10.2. The molecule has 1 atom stereocenters. The normalized spacial score (nSPS) is 12.7. The number of benzene rings is 1. The lowest BCUT2D eigenvalue weighted by Crippen LogP contribution is -2.26. The van der Waals surface area contributed by atoms with Crippen LogP contribution in [0.3, 0.4) is 0 Å². The van der Waals surface area contributed by atoms with Gasteiger partial charge in [-0.3, -0.25) is 14.0 Å². The van der Waals surface area contributed by atoms with Gasteiger partial charge in [-0.2, -0.15) is 5.10 Å². The van der Waals surface area contributed by atoms with Gasteiger partial charge in [0.1, 0.15) is 12.7 Å². The van der Waals surface area contributed by atoms with Gasteiger partial charge in [0.05, 0.1) is 34.8 Å². The Bertz CT molecular complexity index is 796. The number of hydrogen-bond donors (Lipinski definition) is 0. The van der Waals surface area contributed by atoms with Gasteiger partial charge in [-0.1, -0.05) is 17.7 Å². The van der Waals surface area contributed by atoms with Crippen molar-refractivity contribution in [1.29, 1.82) is 0 Å². The Hall–Kier alpha value is -2.21. The van der Waals surface area contributed by atoms with Gasteiger partial charge in [0, 0.05) is 0 Å². The standard InChI is InChI=1S/C13H12ClN5O/c1-9(5-18-7-15-6-17-18)19-8-16-11-4-2-3-10(14)12(11)13(19)20/h2-4,6-9H,5H2,1H3. The van der Waals surface area contributed by atoms with Crippen LogP contribution in [0.4, 0.5) is 0 Å². The Morgan fingerprint density at radius 1 is 1.35 bits per heavy atom. The fourth-order valence-corrected chi connectivity index (χ4v) is 2.39. The molecule has 102 valence electrons. The quantitative estimate of drug-likeness (QED) is 0.739. The summed E-state index contributed by atoms with van der Waals surface area (Å²) in [5.74, 6) is 0. The van der Waals surface area contributed by atoms with Crippen molar-refractivity contribution in [1.82, 2.24) is 24.3 Å². The van der Waals surface area contributed by atoms with Gasteiger partial charge in [-0.25, -0.2) is 9.97 Å². The molecule has 0 aliphatic carbocycles. The summed E-state index contributed by atoms with van der Waals surface area (Å²) in [6.45, 7) is 2.46. The van der Waals surface area contributed by atoms with Gasteiger partial charge in [-0.15, -0.1) is 0 Å². The first-order valence-corrected chi connectivity index (χ1v) is 6.52. The first-order chi connectivity index (χ1) is 9.66. The van der Waals surface area contributed by atoms with Crippen LogP contribution >= 0.6 is 11.6 Å². The van der Waals surface area contributed by atoms with E-state index in [4.69, 9.17) is 11.6 Å². The highest BCUT2D eigenvalue weighted by atomic mass is 35.5. The van der Waals surface area contributed by atoms with Gasteiger partial charge in [-0.05, 0) is 19.1 Å². The fraction of sp³-hybridized carbons (Fsp3) is 0.231. The van der Waals surface area contributed by atoms with Gasteiger partial charge >= 0.3 is 0 Å². The van der Waals surface area contributed by atoms with E-state index in [1.165, 1.54) is 6.33 Å². The number of hydrogen-bond acceptors (Lipinski definition) is 4. The van der Waals surface area contributed by atoms with Crippen molar-refractivity contribution in [3.8, 4) is 0 Å². The minimum absolute atomic E-state index is 0.0997. The average Bonchev–Trinajstić information content (AvgIpc) is 2.91. The second kappa shape index (κ2) is 5.05. The molecule has 0 aliphatic heterocycles. The predicted octanol–water partition coefficient (Wildman–Crippen LogP) is 1.90. The molecule has 0 aliphatic rings. The van der Waals surface area contributed by atoms with Crippen molar-refractivity contribution in [3.63, 3.8) is 0 Å². The number of fused-ring (bicyclic) bond motifs is 1. The minimum atomic E-state index is -0.145. The molecule has 0 amide bonds. The molecule has 0 bridgehead atoms. The molecular weight excluding hydrogens is 278 g/mol. The van der Waals surface area contributed by atoms with Crippen LogP contribution in [-0.4, -0.2) is 24.3 Å². The second-order valence-electron chi connectivity index (χ2n) is 4.56. The Morgan fingerprint density at radius 2 is 2.20 bits per heavy atom. The van der Waals surface area contributed by atoms with Crippen molar-refractivity contribution in [2.24, 2.45) is 0 Å². The third-order valence-electron chi connectivity index (χ3n) is 3.15. The maximum atomic E-state index is 12.5. The lowest BCUT2D eigenvalue weighted by Gasteiger charge is -2.15. The summed E-state index contributed by atoms with van der Waals surface area (Å²) in [6, 6.07) is 5.15. The van der Waals surface area contributed by atoms with E-state index in [1.807, 2.05) is 6.92 Å². The van der Waals surface area contributed by atoms with Crippen LogP contribution in [-0.2, 0) is 6.54 Å². The zero-order valence-electron chi connectivity index (χ0n) is 10.8. The molecule has 20 heavy (non-hydrogen) atoms. The van der Waals surface area contributed by atoms with Crippen LogP contribution in [0, 0.1) is 0 Å². The molecule has 2 heterocycles. The van der Waals surface area contributed by atoms with Crippen LogP contribution in [0.25, 0.3) is 10.9 Å². The van der Waals surface area contributed by atoms with E-state index in [0.29, 0.717) is 22.5 Å². The number of rotatable bonds is 3. The molecule has 0 radical (unpaired) electrons. The van der Waals surface area contributed by atoms with E-state index in [0.717, 1.165) is 0 Å². The Kier molecular flexibility index (Phi) is 3.23. The van der Waals surface area contributed by atoms with Crippen LogP contribution in [0.15, 0.2) is 42.0 Å². The molecule has 0 spiro atoms. The van der Waals surface area contributed by atoms with E-state index in [-0.39, 0.29) is 11.6 Å². The van der Waals surface area contributed by atoms with E-state index in [1.54, 1.807) is 40.1 Å². The topological polar surface area (TPSA) is 65.6 Å². The van der Waals surface area contributed by atoms with Gasteiger partial charge in [0.25, 0.3) is 5.56 Å². The van der Waals surface area contributed by atoms with Crippen LogP contribution < -0.4 is 5.56 Å². The Morgan fingerprint density at radius 3 is 2.95 bits per heavy atom. The third kappa shape index (κ3) is 2.18. The summed E-state index contributed by atoms with van der Waals surface area (Å²) >= 11 is 6.10. The molecular formula is C13H12ClN5O. The first kappa shape index (κ1) is 12.8. The van der Waals surface area contributed by atoms with Crippen molar-refractivity contribution in [2.45, 2.75) is 19.5 Å². The third-order valence-corrected chi connectivity index (χ3v) is 3.47. The summed E-state index contributed by atoms with van der Waals surface area (Å²) in [4.78, 5) is 20.7. The van der Waals surface area contributed by atoms with Crippen molar-refractivity contribution in [2.75, 3.05) is 0 Å². The number of halogens is 1. The number of aromatic nitrogens is 5. The molecule has 2 aromatic heterocycles. The van der Waals surface area contributed by atoms with Crippen LogP contribution in [0.2, 0.25) is 5.02 Å². The molecule has 3 rings (SSSR count). The van der Waals surface area contributed by atoms with Gasteiger partial charge < -0.3 is 0 Å². The Balaban J connectivity index is 2.06. The van der Waals surface area contributed by atoms with Crippen LogP contribution in [0.5, 0.6) is 0 Å². The van der Waals surface area contributed by atoms with E-state index < -0.39 is 0 Å². The molecule has 3 aromatic rings. The van der Waals surface area contributed by atoms with Crippen LogP contribution in [0.1, 0.15) is 13.0 Å². The van der Waals surface area contributed by atoms with Crippen molar-refractivity contribution < 1.29 is 0 Å². The lowest BCUT2D eigenvalue weighted by molar-refractivity contribution is 0.425. The molecule has 6 nitrogen and oxygen atoms in total. The summed E-state index contributed by atoms with van der Waals surface area (Å²) in [7, 11) is 0. The number of nitrogens with zero attached hydrogens (tertiary/aromatic N) is 5. The van der Waals surface area contributed by atoms with E-state index in [9.17, 15) is 4.79 Å². The van der Waals surface area contributed by atoms with Crippen molar-refractivity contribution in [3.05, 3.63) is 52.6 Å². The second-order valence-corrected chi connectivity index (χ2v) is 4.96. The zero-order chi connectivity index (χ0) is 14.1. The molecule has 1 unspecified atom stereocenters. The molecule has 0 fully saturated rings. The smallest absolute Gasteiger partial charge is 0.263 e. The molecule has 0 saturated carbocycles. The maximum absolute atomic E-state index is 12.5. The highest BCUT2D eigenvalue weighted by Gasteiger charge is 2.12. The van der Waals surface area contributed by atoms with Crippen molar-refractivity contribution >= 4 is 22.5 Å². The predicted molar refractivity (Wildman–Crippen MR) is 75.7 cm³/mol. The largest absolute Gasteiger partial charge is 0.294 e. The molecule has 0 N–H and O–H groups in total. The highest BCUT2D eigenvalue weighted by molar-refractivity contribution is 6.35. The SMILES string of the molecule is CC(Cn1cncn1)n1cnc2cccc(Cl)c2c1=O. The minimum Gasteiger partial charge on any atom is -0.294 e. The zero-order valence-corrected chi connectivity index (χ0v) is 11.5. The molecule has 1 aromatic carbocycles. The summed E-state index contributed by atoms with van der Waals surface area (Å²) in [5.41, 5.74) is 0.458. The average molecular weight is 290 g/mol. The highest BCUT2D eigenvalue weighted by Crippen LogP contribution is 2.18.